The fourth-order valence-electron chi connectivity index (χ4n) is 2.33. The summed E-state index contributed by atoms with van der Waals surface area (Å²) in [6.45, 7) is 0. The van der Waals surface area contributed by atoms with E-state index < -0.39 is 23.0 Å². The van der Waals surface area contributed by atoms with Crippen LogP contribution in [0.2, 0.25) is 0 Å². The van der Waals surface area contributed by atoms with E-state index in [1.807, 2.05) is 0 Å². The third kappa shape index (κ3) is 2.42. The lowest BCUT2D eigenvalue weighted by atomic mass is 9.94. The lowest BCUT2D eigenvalue weighted by Gasteiger charge is -2.30. The zero-order valence-corrected chi connectivity index (χ0v) is 10.3. The molecule has 1 aromatic heterocycles. The van der Waals surface area contributed by atoms with Gasteiger partial charge in [0.05, 0.1) is 6.33 Å². The molecule has 0 atom stereocenters. The van der Waals surface area contributed by atoms with Gasteiger partial charge in [0.2, 0.25) is 5.82 Å². The molecule has 0 spiro atoms. The Morgan fingerprint density at radius 1 is 1.44 bits per heavy atom. The molecular formula is C12H16FN3O2. The number of carbonyl (C=O) groups is 1. The summed E-state index contributed by atoms with van der Waals surface area (Å²) in [7, 11) is 1.64. The molecule has 0 aliphatic heterocycles. The fourth-order valence-corrected chi connectivity index (χ4v) is 2.33. The standard InChI is InChI=1S/C12H16FN3O2/c1-16(8-5-3-2-4-6-8)12(18)10-9(13)11(17)15-7-14-10/h7-8H,2-6H2,1H3,(H,14,15,17). The summed E-state index contributed by atoms with van der Waals surface area (Å²) in [4.78, 5) is 30.4. The molecule has 2 rings (SSSR count). The highest BCUT2D eigenvalue weighted by Crippen LogP contribution is 2.22. The molecular weight excluding hydrogens is 237 g/mol. The highest BCUT2D eigenvalue weighted by molar-refractivity contribution is 5.92. The van der Waals surface area contributed by atoms with Crippen LogP contribution in [0.1, 0.15) is 42.6 Å². The molecule has 1 heterocycles. The zero-order valence-electron chi connectivity index (χ0n) is 10.3. The number of nitrogens with one attached hydrogen (secondary N) is 1. The smallest absolute Gasteiger partial charge is 0.287 e. The first-order valence-electron chi connectivity index (χ1n) is 6.11. The minimum Gasteiger partial charge on any atom is -0.337 e. The number of rotatable bonds is 2. The number of amides is 1. The minimum absolute atomic E-state index is 0.117. The fraction of sp³-hybridized carbons (Fsp3) is 0.583. The van der Waals surface area contributed by atoms with Gasteiger partial charge in [-0.15, -0.1) is 0 Å². The Kier molecular flexibility index (Phi) is 3.74. The van der Waals surface area contributed by atoms with Crippen molar-refractivity contribution >= 4 is 5.91 Å². The van der Waals surface area contributed by atoms with Crippen molar-refractivity contribution < 1.29 is 9.18 Å². The summed E-state index contributed by atoms with van der Waals surface area (Å²) in [5, 5.41) is 0. The molecule has 1 N–H and O–H groups in total. The largest absolute Gasteiger partial charge is 0.337 e. The van der Waals surface area contributed by atoms with Gasteiger partial charge in [-0.1, -0.05) is 19.3 Å². The number of hydrogen-bond acceptors (Lipinski definition) is 3. The Labute approximate surface area is 104 Å². The quantitative estimate of drug-likeness (QED) is 0.864. The van der Waals surface area contributed by atoms with Crippen LogP contribution in [0.5, 0.6) is 0 Å². The van der Waals surface area contributed by atoms with Crippen LogP contribution in [-0.2, 0) is 0 Å². The average Bonchev–Trinajstić information content (AvgIpc) is 2.41. The number of aromatic amines is 1. The van der Waals surface area contributed by atoms with Crippen molar-refractivity contribution in [2.45, 2.75) is 38.1 Å². The number of halogens is 1. The first-order valence-corrected chi connectivity index (χ1v) is 6.11. The molecule has 5 nitrogen and oxygen atoms in total. The predicted molar refractivity (Wildman–Crippen MR) is 63.8 cm³/mol. The highest BCUT2D eigenvalue weighted by atomic mass is 19.1. The summed E-state index contributed by atoms with van der Waals surface area (Å²) < 4.78 is 13.5. The maximum atomic E-state index is 13.5. The summed E-state index contributed by atoms with van der Waals surface area (Å²) in [5.41, 5.74) is -1.31. The van der Waals surface area contributed by atoms with Gasteiger partial charge in [-0.3, -0.25) is 9.59 Å². The third-order valence-corrected chi connectivity index (χ3v) is 3.44. The van der Waals surface area contributed by atoms with E-state index in [0.29, 0.717) is 0 Å². The van der Waals surface area contributed by atoms with Gasteiger partial charge in [0.25, 0.3) is 11.5 Å². The zero-order chi connectivity index (χ0) is 13.1. The van der Waals surface area contributed by atoms with E-state index in [0.717, 1.165) is 32.0 Å². The molecule has 0 radical (unpaired) electrons. The number of aromatic nitrogens is 2. The lowest BCUT2D eigenvalue weighted by Crippen LogP contribution is -2.39. The van der Waals surface area contributed by atoms with Gasteiger partial charge in [0.15, 0.2) is 5.69 Å². The van der Waals surface area contributed by atoms with Crippen molar-refractivity contribution in [1.29, 1.82) is 0 Å². The van der Waals surface area contributed by atoms with Gasteiger partial charge >= 0.3 is 0 Å². The summed E-state index contributed by atoms with van der Waals surface area (Å²) >= 11 is 0. The Morgan fingerprint density at radius 2 is 2.11 bits per heavy atom. The third-order valence-electron chi connectivity index (χ3n) is 3.44. The first kappa shape index (κ1) is 12.7. The predicted octanol–water partition coefficient (Wildman–Crippen LogP) is 1.31. The SMILES string of the molecule is CN(C(=O)c1nc[nH]c(=O)c1F)C1CCCCC1. The second-order valence-electron chi connectivity index (χ2n) is 4.60. The van der Waals surface area contributed by atoms with Crippen LogP contribution >= 0.6 is 0 Å². The molecule has 0 saturated heterocycles. The molecule has 98 valence electrons. The van der Waals surface area contributed by atoms with Crippen LogP contribution in [-0.4, -0.2) is 33.9 Å². The molecule has 18 heavy (non-hydrogen) atoms. The van der Waals surface area contributed by atoms with Crippen molar-refractivity contribution in [3.05, 3.63) is 28.2 Å². The van der Waals surface area contributed by atoms with Gasteiger partial charge in [0.1, 0.15) is 0 Å². The van der Waals surface area contributed by atoms with Crippen LogP contribution < -0.4 is 5.56 Å². The molecule has 1 fully saturated rings. The van der Waals surface area contributed by atoms with E-state index in [4.69, 9.17) is 0 Å². The molecule has 0 unspecified atom stereocenters. The first-order chi connectivity index (χ1) is 8.61. The van der Waals surface area contributed by atoms with E-state index in [1.165, 1.54) is 11.3 Å². The van der Waals surface area contributed by atoms with E-state index >= 15 is 0 Å². The second kappa shape index (κ2) is 5.29. The molecule has 1 amide bonds. The van der Waals surface area contributed by atoms with Gasteiger partial charge in [-0.2, -0.15) is 4.39 Å². The molecule has 0 aromatic carbocycles. The van der Waals surface area contributed by atoms with Crippen molar-refractivity contribution in [2.75, 3.05) is 7.05 Å². The Hall–Kier alpha value is -1.72. The normalized spacial score (nSPS) is 16.6. The van der Waals surface area contributed by atoms with Crippen molar-refractivity contribution in [3.63, 3.8) is 0 Å². The summed E-state index contributed by atoms with van der Waals surface area (Å²) in [6, 6.07) is 0.117. The monoisotopic (exact) mass is 253 g/mol. The maximum Gasteiger partial charge on any atom is 0.287 e. The summed E-state index contributed by atoms with van der Waals surface area (Å²) in [5.74, 6) is -1.63. The average molecular weight is 253 g/mol. The topological polar surface area (TPSA) is 66.1 Å². The molecule has 1 aromatic rings. The molecule has 0 bridgehead atoms. The van der Waals surface area contributed by atoms with Crippen molar-refractivity contribution in [2.24, 2.45) is 0 Å². The Bertz CT molecular complexity index is 494. The molecule has 1 saturated carbocycles. The van der Waals surface area contributed by atoms with Gasteiger partial charge in [0, 0.05) is 13.1 Å². The van der Waals surface area contributed by atoms with Crippen molar-refractivity contribution in [3.8, 4) is 0 Å². The van der Waals surface area contributed by atoms with Crippen LogP contribution in [0.3, 0.4) is 0 Å². The molecule has 1 aliphatic carbocycles. The van der Waals surface area contributed by atoms with Gasteiger partial charge in [-0.05, 0) is 12.8 Å². The minimum atomic E-state index is -1.11. The van der Waals surface area contributed by atoms with E-state index in [2.05, 4.69) is 9.97 Å². The molecule has 6 heteroatoms. The highest BCUT2D eigenvalue weighted by Gasteiger charge is 2.26. The van der Waals surface area contributed by atoms with E-state index in [9.17, 15) is 14.0 Å². The number of carbonyl (C=O) groups excluding carboxylic acids is 1. The van der Waals surface area contributed by atoms with Gasteiger partial charge < -0.3 is 9.88 Å². The van der Waals surface area contributed by atoms with E-state index in [-0.39, 0.29) is 6.04 Å². The molecule has 1 aliphatic rings. The number of hydrogen-bond donors (Lipinski definition) is 1. The maximum absolute atomic E-state index is 13.5. The number of nitrogens with zero attached hydrogens (tertiary/aromatic N) is 2. The van der Waals surface area contributed by atoms with E-state index in [1.54, 1.807) is 7.05 Å². The Balaban J connectivity index is 2.19. The van der Waals surface area contributed by atoms with Crippen LogP contribution in [0.15, 0.2) is 11.1 Å². The van der Waals surface area contributed by atoms with Crippen molar-refractivity contribution in [1.82, 2.24) is 14.9 Å². The summed E-state index contributed by atoms with van der Waals surface area (Å²) in [6.07, 6.45) is 6.23. The van der Waals surface area contributed by atoms with Gasteiger partial charge in [-0.25, -0.2) is 4.98 Å². The lowest BCUT2D eigenvalue weighted by molar-refractivity contribution is 0.0684. The van der Waals surface area contributed by atoms with Crippen LogP contribution in [0.25, 0.3) is 0 Å². The van der Waals surface area contributed by atoms with Crippen LogP contribution in [0, 0.1) is 5.82 Å². The van der Waals surface area contributed by atoms with Crippen LogP contribution in [0.4, 0.5) is 4.39 Å². The number of H-pyrrole nitrogens is 1. The second-order valence-corrected chi connectivity index (χ2v) is 4.60. The Morgan fingerprint density at radius 3 is 2.78 bits per heavy atom.